The average molecular weight is 441 g/mol. The summed E-state index contributed by atoms with van der Waals surface area (Å²) in [7, 11) is -2.38. The fourth-order valence-electron chi connectivity index (χ4n) is 4.84. The molecular formula is C21H29ClN2O4S. The average Bonchev–Trinajstić information content (AvgIpc) is 3.05. The number of carbonyl (C=O) groups excluding carboxylic acids is 1. The predicted molar refractivity (Wildman–Crippen MR) is 116 cm³/mol. The molecule has 0 radical (unpaired) electrons. The molecule has 1 N–H and O–H groups in total. The number of nitrogens with one attached hydrogen (secondary N) is 1. The molecule has 3 heterocycles. The van der Waals surface area contributed by atoms with Crippen LogP contribution in [0.5, 0.6) is 5.75 Å². The van der Waals surface area contributed by atoms with Crippen molar-refractivity contribution in [3.63, 3.8) is 0 Å². The molecule has 3 atom stereocenters. The summed E-state index contributed by atoms with van der Waals surface area (Å²) in [5.41, 5.74) is 1.01. The molecule has 0 aromatic heterocycles. The molecule has 4 aliphatic rings. The van der Waals surface area contributed by atoms with E-state index in [1.165, 1.54) is 0 Å². The van der Waals surface area contributed by atoms with Crippen LogP contribution in [0.3, 0.4) is 0 Å². The number of hydrogen-bond acceptors (Lipinski definition) is 4. The van der Waals surface area contributed by atoms with Crippen molar-refractivity contribution in [2.24, 2.45) is 0 Å². The number of amides is 1. The van der Waals surface area contributed by atoms with Crippen LogP contribution in [0, 0.1) is 0 Å². The summed E-state index contributed by atoms with van der Waals surface area (Å²) in [6, 6.07) is 5.38. The zero-order valence-electron chi connectivity index (χ0n) is 16.8. The maximum absolute atomic E-state index is 13.0. The van der Waals surface area contributed by atoms with Gasteiger partial charge in [-0.15, -0.1) is 0 Å². The molecule has 1 aromatic carbocycles. The van der Waals surface area contributed by atoms with Crippen LogP contribution in [-0.4, -0.2) is 65.1 Å². The van der Waals surface area contributed by atoms with E-state index in [1.54, 1.807) is 11.2 Å². The molecule has 1 saturated heterocycles. The van der Waals surface area contributed by atoms with Gasteiger partial charge in [0.1, 0.15) is 5.75 Å². The lowest BCUT2D eigenvalue weighted by molar-refractivity contribution is -0.136. The molecule has 6 nitrogen and oxygen atoms in total. The Morgan fingerprint density at radius 1 is 1.24 bits per heavy atom. The number of ether oxygens (including phenoxy) is 2. The van der Waals surface area contributed by atoms with Crippen molar-refractivity contribution in [1.82, 2.24) is 9.62 Å². The van der Waals surface area contributed by atoms with E-state index in [0.29, 0.717) is 29.8 Å². The second-order valence-corrected chi connectivity index (χ2v) is 11.1. The Bertz CT molecular complexity index is 867. The molecular weight excluding hydrogens is 412 g/mol. The lowest BCUT2D eigenvalue weighted by Crippen LogP contribution is -2.50. The van der Waals surface area contributed by atoms with Crippen molar-refractivity contribution < 1.29 is 18.5 Å². The van der Waals surface area contributed by atoms with Gasteiger partial charge in [0, 0.05) is 39.1 Å². The van der Waals surface area contributed by atoms with Crippen molar-refractivity contribution in [3.8, 4) is 5.75 Å². The summed E-state index contributed by atoms with van der Waals surface area (Å²) in [6.07, 6.45) is 6.34. The number of nitrogens with zero attached hydrogens (tertiary/aromatic N) is 1. The summed E-state index contributed by atoms with van der Waals surface area (Å²) >= 11 is 6.52. The summed E-state index contributed by atoms with van der Waals surface area (Å²) < 4.78 is 27.6. The predicted octanol–water partition coefficient (Wildman–Crippen LogP) is 2.60. The van der Waals surface area contributed by atoms with Crippen molar-refractivity contribution in [3.05, 3.63) is 28.8 Å². The van der Waals surface area contributed by atoms with Gasteiger partial charge in [0.25, 0.3) is 5.91 Å². The molecule has 1 amide bonds. The van der Waals surface area contributed by atoms with Crippen LogP contribution in [0.4, 0.5) is 0 Å². The molecule has 1 unspecified atom stereocenters. The monoisotopic (exact) mass is 440 g/mol. The van der Waals surface area contributed by atoms with Crippen LogP contribution in [0.25, 0.3) is 0 Å². The standard InChI is InChI=1S/C21H29ClN2O4S/c1-29(2,26)23-17-10-11-24-18(17)12-27-15-8-6-14(7-9-15)21-16(22)4-3-5-19(21)28-13-20(24)25/h3-5,14-15,17-18H,1,6-13H2,2H3,(H,23,26)/t14?,15?,17-,18-,29?/m0/s1. The van der Waals surface area contributed by atoms with E-state index in [4.69, 9.17) is 21.1 Å². The second kappa shape index (κ2) is 8.46. The summed E-state index contributed by atoms with van der Waals surface area (Å²) in [5.74, 6) is 4.64. The minimum Gasteiger partial charge on any atom is -0.483 e. The first-order chi connectivity index (χ1) is 13.8. The molecule has 5 rings (SSSR count). The van der Waals surface area contributed by atoms with Crippen molar-refractivity contribution in [2.45, 2.75) is 56.2 Å². The largest absolute Gasteiger partial charge is 0.483 e. The molecule has 29 heavy (non-hydrogen) atoms. The Morgan fingerprint density at radius 3 is 2.72 bits per heavy atom. The lowest BCUT2D eigenvalue weighted by atomic mass is 9.82. The number of hydrogen-bond donors (Lipinski definition) is 1. The quantitative estimate of drug-likeness (QED) is 0.718. The number of rotatable bonds is 2. The Balaban J connectivity index is 1.61. The molecule has 8 heteroatoms. The molecule has 0 spiro atoms. The van der Waals surface area contributed by atoms with Gasteiger partial charge in [-0.05, 0) is 56.0 Å². The highest BCUT2D eigenvalue weighted by Crippen LogP contribution is 2.42. The fourth-order valence-corrected chi connectivity index (χ4v) is 6.08. The van der Waals surface area contributed by atoms with Gasteiger partial charge >= 0.3 is 0 Å². The highest BCUT2D eigenvalue weighted by Gasteiger charge is 2.39. The molecule has 1 aliphatic carbocycles. The number of carbonyl (C=O) groups is 1. The second-order valence-electron chi connectivity index (χ2n) is 8.42. The van der Waals surface area contributed by atoms with Crippen LogP contribution in [-0.2, 0) is 19.2 Å². The third kappa shape index (κ3) is 4.74. The van der Waals surface area contributed by atoms with Gasteiger partial charge in [0.15, 0.2) is 6.61 Å². The van der Waals surface area contributed by atoms with Crippen LogP contribution < -0.4 is 9.46 Å². The van der Waals surface area contributed by atoms with Crippen LogP contribution in [0.1, 0.15) is 43.6 Å². The van der Waals surface area contributed by atoms with Crippen molar-refractivity contribution in [1.29, 1.82) is 0 Å². The Labute approximate surface area is 178 Å². The Hall–Kier alpha value is -1.28. The van der Waals surface area contributed by atoms with Gasteiger partial charge in [-0.1, -0.05) is 17.7 Å². The van der Waals surface area contributed by atoms with Crippen molar-refractivity contribution >= 4 is 33.1 Å². The Morgan fingerprint density at radius 2 is 2.00 bits per heavy atom. The molecule has 2 bridgehead atoms. The van der Waals surface area contributed by atoms with Gasteiger partial charge in [-0.3, -0.25) is 9.00 Å². The topological polar surface area (TPSA) is 67.9 Å². The van der Waals surface area contributed by atoms with E-state index in [-0.39, 0.29) is 30.7 Å². The molecule has 3 aliphatic heterocycles. The van der Waals surface area contributed by atoms with E-state index in [9.17, 15) is 9.00 Å². The summed E-state index contributed by atoms with van der Waals surface area (Å²) in [5, 5.41) is 0.700. The number of fused-ring (bicyclic) bond motifs is 5. The van der Waals surface area contributed by atoms with Crippen LogP contribution in [0.2, 0.25) is 5.02 Å². The first-order valence-electron chi connectivity index (χ1n) is 10.2. The molecule has 2 fully saturated rings. The first-order valence-corrected chi connectivity index (χ1v) is 12.7. The van der Waals surface area contributed by atoms with Gasteiger partial charge in [0.05, 0.1) is 18.8 Å². The Kier molecular flexibility index (Phi) is 6.11. The van der Waals surface area contributed by atoms with E-state index < -0.39 is 9.71 Å². The summed E-state index contributed by atoms with van der Waals surface area (Å²) in [6.45, 7) is 0.972. The molecule has 1 aromatic rings. The minimum atomic E-state index is -2.38. The van der Waals surface area contributed by atoms with Crippen LogP contribution in [0.15, 0.2) is 18.2 Å². The third-order valence-electron chi connectivity index (χ3n) is 6.22. The smallest absolute Gasteiger partial charge is 0.260 e. The third-order valence-corrected chi connectivity index (χ3v) is 7.35. The minimum absolute atomic E-state index is 0.0431. The van der Waals surface area contributed by atoms with Gasteiger partial charge in [0.2, 0.25) is 0 Å². The zero-order chi connectivity index (χ0) is 20.6. The fraction of sp³-hybridized carbons (Fsp3) is 0.619. The maximum Gasteiger partial charge on any atom is 0.260 e. The SMILES string of the molecule is C=S(C)(=O)N[C@H]1CCN2C(=O)COc3cccc(Cl)c3C3CCC(CC3)OC[C@@H]12. The van der Waals surface area contributed by atoms with Crippen LogP contribution >= 0.6 is 11.6 Å². The highest BCUT2D eigenvalue weighted by molar-refractivity contribution is 7.97. The van der Waals surface area contributed by atoms with E-state index in [1.807, 2.05) is 18.2 Å². The first kappa shape index (κ1) is 21.0. The van der Waals surface area contributed by atoms with Crippen molar-refractivity contribution in [2.75, 3.05) is 26.0 Å². The molecule has 1 saturated carbocycles. The van der Waals surface area contributed by atoms with Gasteiger partial charge in [-0.25, -0.2) is 4.72 Å². The normalized spacial score (nSPS) is 32.2. The van der Waals surface area contributed by atoms with E-state index in [0.717, 1.165) is 37.7 Å². The lowest BCUT2D eigenvalue weighted by Gasteiger charge is -2.32. The zero-order valence-corrected chi connectivity index (χ0v) is 18.3. The maximum atomic E-state index is 13.0. The molecule has 160 valence electrons. The van der Waals surface area contributed by atoms with Gasteiger partial charge in [-0.2, -0.15) is 0 Å². The number of halogens is 1. The van der Waals surface area contributed by atoms with E-state index in [2.05, 4.69) is 10.6 Å². The summed E-state index contributed by atoms with van der Waals surface area (Å²) in [4.78, 5) is 14.8. The van der Waals surface area contributed by atoms with E-state index >= 15 is 0 Å². The van der Waals surface area contributed by atoms with Gasteiger partial charge < -0.3 is 14.4 Å². The highest BCUT2D eigenvalue weighted by atomic mass is 35.5. The number of benzene rings is 1.